The maximum atomic E-state index is 11.3. The molecule has 0 fully saturated rings. The van der Waals surface area contributed by atoms with Gasteiger partial charge in [-0.2, -0.15) is 0 Å². The molecule has 0 saturated heterocycles. The highest BCUT2D eigenvalue weighted by Crippen LogP contribution is 2.26. The largest absolute Gasteiger partial charge is 0.397 e. The van der Waals surface area contributed by atoms with Crippen LogP contribution in [0.2, 0.25) is 0 Å². The Bertz CT molecular complexity index is 614. The van der Waals surface area contributed by atoms with Gasteiger partial charge in [0, 0.05) is 18.7 Å². The van der Waals surface area contributed by atoms with E-state index >= 15 is 0 Å². The van der Waals surface area contributed by atoms with Crippen molar-refractivity contribution in [2.24, 2.45) is 5.73 Å². The Morgan fingerprint density at radius 2 is 1.86 bits per heavy atom. The van der Waals surface area contributed by atoms with Crippen molar-refractivity contribution in [3.8, 4) is 0 Å². The molecule has 5 N–H and O–H groups in total. The molecule has 0 atom stereocenters. The van der Waals surface area contributed by atoms with E-state index in [1.807, 2.05) is 35.2 Å². The molecule has 0 spiro atoms. The van der Waals surface area contributed by atoms with Crippen LogP contribution in [0, 0.1) is 0 Å². The molecule has 0 unspecified atom stereocenters. The Morgan fingerprint density at radius 3 is 2.48 bits per heavy atom. The van der Waals surface area contributed by atoms with Crippen LogP contribution in [-0.2, 0) is 6.54 Å². The number of aliphatic hydroxyl groups excluding tert-OH is 1. The van der Waals surface area contributed by atoms with Gasteiger partial charge in [0.15, 0.2) is 0 Å². The number of nitrogens with zero attached hydrogens (tertiary/aromatic N) is 1. The van der Waals surface area contributed by atoms with E-state index in [0.717, 1.165) is 5.56 Å². The van der Waals surface area contributed by atoms with E-state index in [0.29, 0.717) is 30.0 Å². The molecule has 5 nitrogen and oxygen atoms in total. The van der Waals surface area contributed by atoms with E-state index in [2.05, 4.69) is 0 Å². The molecule has 0 heterocycles. The van der Waals surface area contributed by atoms with Crippen molar-refractivity contribution in [3.63, 3.8) is 0 Å². The van der Waals surface area contributed by atoms with Crippen LogP contribution >= 0.6 is 0 Å². The summed E-state index contributed by atoms with van der Waals surface area (Å²) in [6, 6.07) is 14.8. The highest BCUT2D eigenvalue weighted by atomic mass is 16.3. The summed E-state index contributed by atoms with van der Waals surface area (Å²) in [5, 5.41) is 9.27. The van der Waals surface area contributed by atoms with Crippen molar-refractivity contribution in [1.82, 2.24) is 0 Å². The summed E-state index contributed by atoms with van der Waals surface area (Å²) in [6.45, 7) is 1.00. The minimum Gasteiger partial charge on any atom is -0.397 e. The quantitative estimate of drug-likeness (QED) is 0.699. The van der Waals surface area contributed by atoms with Gasteiger partial charge in [0.1, 0.15) is 0 Å². The fourth-order valence-corrected chi connectivity index (χ4v) is 2.18. The zero-order valence-electron chi connectivity index (χ0n) is 11.7. The molecule has 5 heteroatoms. The molecule has 0 aromatic heterocycles. The molecule has 2 rings (SSSR count). The van der Waals surface area contributed by atoms with Gasteiger partial charge in [-0.1, -0.05) is 30.3 Å². The number of hydrogen-bond acceptors (Lipinski definition) is 4. The van der Waals surface area contributed by atoms with E-state index in [4.69, 9.17) is 11.5 Å². The molecule has 0 saturated carbocycles. The number of carbonyl (C=O) groups is 1. The number of rotatable bonds is 6. The van der Waals surface area contributed by atoms with Gasteiger partial charge in [-0.25, -0.2) is 0 Å². The summed E-state index contributed by atoms with van der Waals surface area (Å²) in [7, 11) is 0. The summed E-state index contributed by atoms with van der Waals surface area (Å²) in [5.41, 5.74) is 14.0. The third kappa shape index (κ3) is 3.73. The van der Waals surface area contributed by atoms with Gasteiger partial charge in [0.05, 0.1) is 18.0 Å². The fraction of sp³-hybridized carbons (Fsp3) is 0.188. The summed E-state index contributed by atoms with van der Waals surface area (Å²) < 4.78 is 0. The second-order valence-corrected chi connectivity index (χ2v) is 4.77. The number of aliphatic hydroxyl groups is 1. The predicted molar refractivity (Wildman–Crippen MR) is 84.0 cm³/mol. The number of carbonyl (C=O) groups excluding carboxylic acids is 1. The Morgan fingerprint density at radius 1 is 1.14 bits per heavy atom. The second kappa shape index (κ2) is 6.76. The SMILES string of the molecule is NC(=O)c1ccc(N)c(N(CCO)Cc2ccccc2)c1. The molecule has 2 aromatic carbocycles. The van der Waals surface area contributed by atoms with Crippen LogP contribution in [0.4, 0.5) is 11.4 Å². The Labute approximate surface area is 123 Å². The first-order chi connectivity index (χ1) is 10.1. The number of anilines is 2. The van der Waals surface area contributed by atoms with Crippen molar-refractivity contribution >= 4 is 17.3 Å². The molecule has 1 amide bonds. The number of primary amides is 1. The van der Waals surface area contributed by atoms with E-state index in [-0.39, 0.29) is 6.61 Å². The second-order valence-electron chi connectivity index (χ2n) is 4.77. The van der Waals surface area contributed by atoms with Gasteiger partial charge >= 0.3 is 0 Å². The first-order valence-electron chi connectivity index (χ1n) is 6.71. The predicted octanol–water partition coefficient (Wildman–Crippen LogP) is 1.37. The van der Waals surface area contributed by atoms with Crippen LogP contribution < -0.4 is 16.4 Å². The smallest absolute Gasteiger partial charge is 0.248 e. The van der Waals surface area contributed by atoms with Crippen LogP contribution in [0.25, 0.3) is 0 Å². The molecule has 0 radical (unpaired) electrons. The van der Waals surface area contributed by atoms with Gasteiger partial charge in [0.25, 0.3) is 0 Å². The molecular formula is C16H19N3O2. The zero-order chi connectivity index (χ0) is 15.2. The van der Waals surface area contributed by atoms with E-state index in [9.17, 15) is 9.90 Å². The molecule has 2 aromatic rings. The van der Waals surface area contributed by atoms with Crippen molar-refractivity contribution in [2.75, 3.05) is 23.8 Å². The molecule has 0 aliphatic carbocycles. The fourth-order valence-electron chi connectivity index (χ4n) is 2.18. The first-order valence-corrected chi connectivity index (χ1v) is 6.71. The lowest BCUT2D eigenvalue weighted by Gasteiger charge is -2.26. The molecule has 0 aliphatic heterocycles. The van der Waals surface area contributed by atoms with Crippen molar-refractivity contribution in [1.29, 1.82) is 0 Å². The number of nitrogen functional groups attached to an aromatic ring is 1. The first kappa shape index (κ1) is 14.9. The van der Waals surface area contributed by atoms with Gasteiger partial charge in [-0.15, -0.1) is 0 Å². The zero-order valence-corrected chi connectivity index (χ0v) is 11.7. The monoisotopic (exact) mass is 285 g/mol. The van der Waals surface area contributed by atoms with Gasteiger partial charge in [-0.05, 0) is 23.8 Å². The highest BCUT2D eigenvalue weighted by Gasteiger charge is 2.12. The van der Waals surface area contributed by atoms with Gasteiger partial charge < -0.3 is 21.5 Å². The Hall–Kier alpha value is -2.53. The number of hydrogen-bond donors (Lipinski definition) is 3. The number of benzene rings is 2. The standard InChI is InChI=1S/C16H19N3O2/c17-14-7-6-13(16(18)21)10-15(14)19(8-9-20)11-12-4-2-1-3-5-12/h1-7,10,20H,8-9,11,17H2,(H2,18,21). The average molecular weight is 285 g/mol. The lowest BCUT2D eigenvalue weighted by atomic mass is 10.1. The molecular weight excluding hydrogens is 266 g/mol. The lowest BCUT2D eigenvalue weighted by Crippen LogP contribution is -2.27. The van der Waals surface area contributed by atoms with Crippen molar-refractivity contribution in [2.45, 2.75) is 6.54 Å². The van der Waals surface area contributed by atoms with Crippen LogP contribution in [0.5, 0.6) is 0 Å². The number of amides is 1. The topological polar surface area (TPSA) is 92.6 Å². The Kier molecular flexibility index (Phi) is 4.79. The minimum absolute atomic E-state index is 0.00687. The normalized spacial score (nSPS) is 10.3. The van der Waals surface area contributed by atoms with E-state index in [1.165, 1.54) is 0 Å². The molecule has 21 heavy (non-hydrogen) atoms. The summed E-state index contributed by atoms with van der Waals surface area (Å²) in [5.74, 6) is -0.500. The van der Waals surface area contributed by atoms with Crippen molar-refractivity contribution in [3.05, 3.63) is 59.7 Å². The average Bonchev–Trinajstić information content (AvgIpc) is 2.48. The third-order valence-corrected chi connectivity index (χ3v) is 3.24. The van der Waals surface area contributed by atoms with Crippen LogP contribution in [0.15, 0.2) is 48.5 Å². The molecule has 0 aliphatic rings. The molecule has 110 valence electrons. The van der Waals surface area contributed by atoms with Gasteiger partial charge in [0.2, 0.25) is 5.91 Å². The minimum atomic E-state index is -0.500. The summed E-state index contributed by atoms with van der Waals surface area (Å²) in [4.78, 5) is 13.2. The molecule has 0 bridgehead atoms. The highest BCUT2D eigenvalue weighted by molar-refractivity contribution is 5.95. The van der Waals surface area contributed by atoms with Crippen LogP contribution in [0.3, 0.4) is 0 Å². The third-order valence-electron chi connectivity index (χ3n) is 3.24. The lowest BCUT2D eigenvalue weighted by molar-refractivity contribution is 0.100. The maximum absolute atomic E-state index is 11.3. The van der Waals surface area contributed by atoms with E-state index < -0.39 is 5.91 Å². The van der Waals surface area contributed by atoms with Crippen molar-refractivity contribution < 1.29 is 9.90 Å². The summed E-state index contributed by atoms with van der Waals surface area (Å²) in [6.07, 6.45) is 0. The maximum Gasteiger partial charge on any atom is 0.248 e. The van der Waals surface area contributed by atoms with Gasteiger partial charge in [-0.3, -0.25) is 4.79 Å². The van der Waals surface area contributed by atoms with E-state index in [1.54, 1.807) is 18.2 Å². The van der Waals surface area contributed by atoms with Crippen LogP contribution in [0.1, 0.15) is 15.9 Å². The Balaban J connectivity index is 2.33. The van der Waals surface area contributed by atoms with Crippen LogP contribution in [-0.4, -0.2) is 24.2 Å². The number of nitrogens with two attached hydrogens (primary N) is 2. The summed E-state index contributed by atoms with van der Waals surface area (Å²) >= 11 is 0.